The van der Waals surface area contributed by atoms with E-state index in [1.54, 1.807) is 0 Å². The van der Waals surface area contributed by atoms with Crippen LogP contribution in [-0.2, 0) is 9.47 Å². The lowest BCUT2D eigenvalue weighted by Gasteiger charge is -2.25. The van der Waals surface area contributed by atoms with Crippen LogP contribution >= 0.6 is 0 Å². The SMILES string of the molecule is O=C(OC1CCO1)c1cccc(F)c1. The van der Waals surface area contributed by atoms with Gasteiger partial charge in [0.25, 0.3) is 0 Å². The quantitative estimate of drug-likeness (QED) is 0.676. The molecule has 1 aliphatic heterocycles. The monoisotopic (exact) mass is 196 g/mol. The van der Waals surface area contributed by atoms with Crippen LogP contribution in [0.5, 0.6) is 0 Å². The minimum atomic E-state index is -0.547. The molecule has 74 valence electrons. The molecule has 4 heteroatoms. The van der Waals surface area contributed by atoms with E-state index in [0.717, 1.165) is 6.07 Å². The molecule has 1 heterocycles. The smallest absolute Gasteiger partial charge is 0.340 e. The van der Waals surface area contributed by atoms with Crippen LogP contribution in [0.15, 0.2) is 24.3 Å². The highest BCUT2D eigenvalue weighted by molar-refractivity contribution is 5.89. The lowest BCUT2D eigenvalue weighted by atomic mass is 10.2. The Morgan fingerprint density at radius 1 is 1.57 bits per heavy atom. The number of halogens is 1. The van der Waals surface area contributed by atoms with Gasteiger partial charge in [0, 0.05) is 6.42 Å². The van der Waals surface area contributed by atoms with E-state index in [1.165, 1.54) is 18.2 Å². The maximum Gasteiger partial charge on any atom is 0.340 e. The predicted octanol–water partition coefficient (Wildman–Crippen LogP) is 1.73. The van der Waals surface area contributed by atoms with E-state index in [9.17, 15) is 9.18 Å². The number of hydrogen-bond acceptors (Lipinski definition) is 3. The first kappa shape index (κ1) is 9.15. The van der Waals surface area contributed by atoms with Crippen molar-refractivity contribution >= 4 is 5.97 Å². The van der Waals surface area contributed by atoms with Gasteiger partial charge in [0.2, 0.25) is 6.29 Å². The normalized spacial score (nSPS) is 19.9. The van der Waals surface area contributed by atoms with Crippen LogP contribution in [0.1, 0.15) is 16.8 Å². The Hall–Kier alpha value is -1.42. The highest BCUT2D eigenvalue weighted by Crippen LogP contribution is 2.15. The number of rotatable bonds is 2. The Morgan fingerprint density at radius 2 is 2.36 bits per heavy atom. The van der Waals surface area contributed by atoms with Crippen molar-refractivity contribution in [3.8, 4) is 0 Å². The zero-order chi connectivity index (χ0) is 9.97. The molecule has 14 heavy (non-hydrogen) atoms. The van der Waals surface area contributed by atoms with Crippen LogP contribution in [0.2, 0.25) is 0 Å². The van der Waals surface area contributed by atoms with Gasteiger partial charge < -0.3 is 9.47 Å². The minimum Gasteiger partial charge on any atom is -0.432 e. The Morgan fingerprint density at radius 3 is 2.93 bits per heavy atom. The summed E-state index contributed by atoms with van der Waals surface area (Å²) >= 11 is 0. The molecule has 1 aromatic carbocycles. The third-order valence-corrected chi connectivity index (χ3v) is 1.96. The number of esters is 1. The average Bonchev–Trinajstić information content (AvgIpc) is 2.11. The summed E-state index contributed by atoms with van der Waals surface area (Å²) in [6.45, 7) is 0.612. The number of hydrogen-bond donors (Lipinski definition) is 0. The molecule has 2 rings (SSSR count). The van der Waals surface area contributed by atoms with Gasteiger partial charge in [0.15, 0.2) is 0 Å². The van der Waals surface area contributed by atoms with E-state index in [0.29, 0.717) is 13.0 Å². The highest BCUT2D eigenvalue weighted by Gasteiger charge is 2.23. The van der Waals surface area contributed by atoms with Crippen LogP contribution in [0.25, 0.3) is 0 Å². The minimum absolute atomic E-state index is 0.209. The molecular weight excluding hydrogens is 187 g/mol. The first-order valence-electron chi connectivity index (χ1n) is 4.34. The highest BCUT2D eigenvalue weighted by atomic mass is 19.1. The number of carbonyl (C=O) groups is 1. The van der Waals surface area contributed by atoms with E-state index >= 15 is 0 Å². The Bertz CT molecular complexity index is 347. The van der Waals surface area contributed by atoms with Crippen LogP contribution in [-0.4, -0.2) is 18.9 Å². The van der Waals surface area contributed by atoms with Gasteiger partial charge >= 0.3 is 5.97 Å². The predicted molar refractivity (Wildman–Crippen MR) is 46.2 cm³/mol. The summed E-state index contributed by atoms with van der Waals surface area (Å²) in [5, 5.41) is 0. The Labute approximate surface area is 80.4 Å². The van der Waals surface area contributed by atoms with Crippen molar-refractivity contribution in [1.82, 2.24) is 0 Å². The molecule has 0 radical (unpaired) electrons. The standard InChI is InChI=1S/C10H9FO3/c11-8-3-1-2-7(6-8)10(12)14-9-4-5-13-9/h1-3,6,9H,4-5H2. The van der Waals surface area contributed by atoms with Crippen LogP contribution in [0.3, 0.4) is 0 Å². The van der Waals surface area contributed by atoms with Crippen LogP contribution in [0, 0.1) is 5.82 Å². The van der Waals surface area contributed by atoms with Gasteiger partial charge in [-0.15, -0.1) is 0 Å². The zero-order valence-corrected chi connectivity index (χ0v) is 7.40. The van der Waals surface area contributed by atoms with Gasteiger partial charge in [0.05, 0.1) is 12.2 Å². The zero-order valence-electron chi connectivity index (χ0n) is 7.40. The van der Waals surface area contributed by atoms with Crippen molar-refractivity contribution in [3.05, 3.63) is 35.6 Å². The van der Waals surface area contributed by atoms with Crippen molar-refractivity contribution in [2.75, 3.05) is 6.61 Å². The van der Waals surface area contributed by atoms with Gasteiger partial charge in [-0.1, -0.05) is 6.07 Å². The molecule has 0 N–H and O–H groups in total. The molecule has 1 aromatic rings. The average molecular weight is 196 g/mol. The van der Waals surface area contributed by atoms with Crippen molar-refractivity contribution in [2.45, 2.75) is 12.7 Å². The number of carbonyl (C=O) groups excluding carboxylic acids is 1. The number of benzene rings is 1. The molecule has 1 atom stereocenters. The van der Waals surface area contributed by atoms with Gasteiger partial charge in [0.1, 0.15) is 5.82 Å². The Balaban J connectivity index is 2.02. The van der Waals surface area contributed by atoms with Crippen molar-refractivity contribution in [2.24, 2.45) is 0 Å². The summed E-state index contributed by atoms with van der Waals surface area (Å²) in [5.41, 5.74) is 0.209. The number of ether oxygens (including phenoxy) is 2. The molecular formula is C10H9FO3. The topological polar surface area (TPSA) is 35.5 Å². The van der Waals surface area contributed by atoms with Gasteiger partial charge in [-0.3, -0.25) is 0 Å². The summed E-state index contributed by atoms with van der Waals surface area (Å²) in [7, 11) is 0. The molecule has 0 spiro atoms. The van der Waals surface area contributed by atoms with Gasteiger partial charge in [-0.25, -0.2) is 9.18 Å². The summed E-state index contributed by atoms with van der Waals surface area (Å²) in [5.74, 6) is -0.997. The summed E-state index contributed by atoms with van der Waals surface area (Å²) < 4.78 is 22.5. The van der Waals surface area contributed by atoms with Gasteiger partial charge in [-0.2, -0.15) is 0 Å². The second-order valence-corrected chi connectivity index (χ2v) is 3.00. The third kappa shape index (κ3) is 1.90. The summed E-state index contributed by atoms with van der Waals surface area (Å²) in [6, 6.07) is 5.38. The van der Waals surface area contributed by atoms with Crippen molar-refractivity contribution < 1.29 is 18.7 Å². The molecule has 3 nitrogen and oxygen atoms in total. The second kappa shape index (κ2) is 3.75. The molecule has 0 aromatic heterocycles. The van der Waals surface area contributed by atoms with Crippen LogP contribution < -0.4 is 0 Å². The molecule has 1 fully saturated rings. The fourth-order valence-electron chi connectivity index (χ4n) is 1.11. The molecule has 0 bridgehead atoms. The lowest BCUT2D eigenvalue weighted by molar-refractivity contribution is -0.184. The van der Waals surface area contributed by atoms with E-state index in [1.807, 2.05) is 0 Å². The first-order chi connectivity index (χ1) is 6.75. The van der Waals surface area contributed by atoms with E-state index in [4.69, 9.17) is 9.47 Å². The van der Waals surface area contributed by atoms with E-state index in [-0.39, 0.29) is 5.56 Å². The van der Waals surface area contributed by atoms with Gasteiger partial charge in [-0.05, 0) is 18.2 Å². The maximum absolute atomic E-state index is 12.7. The maximum atomic E-state index is 12.7. The van der Waals surface area contributed by atoms with E-state index < -0.39 is 18.1 Å². The lowest BCUT2D eigenvalue weighted by Crippen LogP contribution is -2.31. The largest absolute Gasteiger partial charge is 0.432 e. The second-order valence-electron chi connectivity index (χ2n) is 3.00. The molecule has 1 unspecified atom stereocenters. The molecule has 0 saturated carbocycles. The first-order valence-corrected chi connectivity index (χ1v) is 4.34. The molecule has 1 saturated heterocycles. The fourth-order valence-corrected chi connectivity index (χ4v) is 1.11. The fraction of sp³-hybridized carbons (Fsp3) is 0.300. The Kier molecular flexibility index (Phi) is 2.45. The molecule has 0 aliphatic carbocycles. The molecule has 0 amide bonds. The third-order valence-electron chi connectivity index (χ3n) is 1.96. The molecule has 1 aliphatic rings. The van der Waals surface area contributed by atoms with Crippen LogP contribution in [0.4, 0.5) is 4.39 Å². The summed E-state index contributed by atoms with van der Waals surface area (Å²) in [4.78, 5) is 11.3. The summed E-state index contributed by atoms with van der Waals surface area (Å²) in [6.07, 6.45) is 0.256. The van der Waals surface area contributed by atoms with E-state index in [2.05, 4.69) is 0 Å². The van der Waals surface area contributed by atoms with Crippen molar-refractivity contribution in [1.29, 1.82) is 0 Å². The van der Waals surface area contributed by atoms with Crippen molar-refractivity contribution in [3.63, 3.8) is 0 Å².